The van der Waals surface area contributed by atoms with Gasteiger partial charge in [0.1, 0.15) is 23.7 Å². The van der Waals surface area contributed by atoms with Crippen LogP contribution in [0.1, 0.15) is 16.1 Å². The van der Waals surface area contributed by atoms with Gasteiger partial charge in [0.05, 0.1) is 4.92 Å². The molecule has 9 heteroatoms. The summed E-state index contributed by atoms with van der Waals surface area (Å²) in [5, 5.41) is 25.4. The Kier molecular flexibility index (Phi) is 5.78. The molecule has 0 saturated carbocycles. The monoisotopic (exact) mass is 397 g/mol. The van der Waals surface area contributed by atoms with E-state index in [-0.39, 0.29) is 23.0 Å². The van der Waals surface area contributed by atoms with Gasteiger partial charge < -0.3 is 14.8 Å². The van der Waals surface area contributed by atoms with Crippen LogP contribution in [0.5, 0.6) is 0 Å². The maximum atomic E-state index is 12.3. The van der Waals surface area contributed by atoms with Crippen LogP contribution in [-0.2, 0) is 6.61 Å². The molecule has 3 rings (SSSR count). The van der Waals surface area contributed by atoms with Crippen molar-refractivity contribution in [1.29, 1.82) is 0 Å². The topological polar surface area (TPSA) is 118 Å². The lowest BCUT2D eigenvalue weighted by Crippen LogP contribution is -2.34. The average Bonchev–Trinajstić information content (AvgIpc) is 3.17. The molecule has 142 valence electrons. The van der Waals surface area contributed by atoms with Crippen molar-refractivity contribution in [2.24, 2.45) is 0 Å². The molecule has 0 bridgehead atoms. The smallest absolute Gasteiger partial charge is 0.282 e. The molecule has 0 saturated heterocycles. The summed E-state index contributed by atoms with van der Waals surface area (Å²) in [4.78, 5) is 22.7. The molecule has 0 spiro atoms. The summed E-state index contributed by atoms with van der Waals surface area (Å²) in [6, 6.07) is 16.1. The molecule has 8 nitrogen and oxygen atoms in total. The minimum absolute atomic E-state index is 0.00390. The van der Waals surface area contributed by atoms with Gasteiger partial charge in [0.2, 0.25) is 0 Å². The van der Waals surface area contributed by atoms with Crippen molar-refractivity contribution in [1.82, 2.24) is 5.32 Å². The lowest BCUT2D eigenvalue weighted by molar-refractivity contribution is -0.385. The van der Waals surface area contributed by atoms with E-state index in [1.54, 1.807) is 30.3 Å². The van der Waals surface area contributed by atoms with Crippen LogP contribution >= 0.6 is 12.2 Å². The van der Waals surface area contributed by atoms with E-state index in [0.29, 0.717) is 17.2 Å². The predicted octanol–water partition coefficient (Wildman–Crippen LogP) is 3.47. The number of furan rings is 1. The lowest BCUT2D eigenvalue weighted by atomic mass is 10.1. The highest BCUT2D eigenvalue weighted by Gasteiger charge is 2.19. The highest BCUT2D eigenvalue weighted by molar-refractivity contribution is 7.80. The van der Waals surface area contributed by atoms with Gasteiger partial charge in [0.25, 0.3) is 11.6 Å². The number of nitrogens with zero attached hydrogens (tertiary/aromatic N) is 1. The minimum Gasteiger partial charge on any atom is -0.459 e. The summed E-state index contributed by atoms with van der Waals surface area (Å²) in [5.74, 6) is 0.336. The minimum atomic E-state index is -0.681. The van der Waals surface area contributed by atoms with Gasteiger partial charge in [-0.25, -0.2) is 0 Å². The molecule has 1 amide bonds. The van der Waals surface area contributed by atoms with Crippen molar-refractivity contribution in [3.63, 3.8) is 0 Å². The van der Waals surface area contributed by atoms with Gasteiger partial charge in [-0.1, -0.05) is 24.3 Å². The number of nitro benzene ring substituents is 1. The second-order valence-electron chi connectivity index (χ2n) is 5.69. The number of hydrogen-bond donors (Lipinski definition) is 3. The van der Waals surface area contributed by atoms with Crippen LogP contribution in [0.25, 0.3) is 11.3 Å². The van der Waals surface area contributed by atoms with E-state index >= 15 is 0 Å². The number of anilines is 1. The second kappa shape index (κ2) is 8.42. The van der Waals surface area contributed by atoms with Crippen LogP contribution in [0.2, 0.25) is 0 Å². The number of hydrogen-bond acceptors (Lipinski definition) is 6. The molecule has 1 aromatic heterocycles. The number of amides is 1. The first-order chi connectivity index (χ1) is 13.5. The summed E-state index contributed by atoms with van der Waals surface area (Å²) in [6.07, 6.45) is 0. The second-order valence-corrected chi connectivity index (χ2v) is 6.10. The Morgan fingerprint density at radius 2 is 1.93 bits per heavy atom. The van der Waals surface area contributed by atoms with Crippen LogP contribution in [-0.4, -0.2) is 21.0 Å². The Hall–Kier alpha value is -3.56. The molecule has 0 fully saturated rings. The number of aliphatic hydroxyl groups excluding tert-OH is 1. The molecular formula is C19H15N3O5S. The molecule has 3 N–H and O–H groups in total. The van der Waals surface area contributed by atoms with Crippen LogP contribution < -0.4 is 10.6 Å². The molecule has 0 unspecified atom stereocenters. The first kappa shape index (κ1) is 19.2. The number of aliphatic hydroxyl groups is 1. The zero-order chi connectivity index (χ0) is 20.1. The molecular weight excluding hydrogens is 382 g/mol. The number of carbonyl (C=O) groups is 1. The zero-order valence-corrected chi connectivity index (χ0v) is 15.2. The quantitative estimate of drug-likeness (QED) is 0.343. The fourth-order valence-electron chi connectivity index (χ4n) is 2.53. The first-order valence-electron chi connectivity index (χ1n) is 8.13. The largest absolute Gasteiger partial charge is 0.459 e. The van der Waals surface area contributed by atoms with Gasteiger partial charge in [0.15, 0.2) is 5.11 Å². The SMILES string of the molecule is O=C(NC(=S)Nc1cccc(-c2ccc(CO)o2)c1)c1ccccc1[N+](=O)[O-]. The van der Waals surface area contributed by atoms with Gasteiger partial charge in [-0.2, -0.15) is 0 Å². The molecule has 0 atom stereocenters. The number of carbonyl (C=O) groups excluding carboxylic acids is 1. The summed E-state index contributed by atoms with van der Waals surface area (Å²) in [5.41, 5.74) is 0.949. The average molecular weight is 397 g/mol. The standard InChI is InChI=1S/C19H15N3O5S/c23-11-14-8-9-17(27-14)12-4-3-5-13(10-12)20-19(28)21-18(24)15-6-1-2-7-16(15)22(25)26/h1-10,23H,11H2,(H2,20,21,24,28). The number of nitro groups is 1. The molecule has 0 radical (unpaired) electrons. The third kappa shape index (κ3) is 4.40. The van der Waals surface area contributed by atoms with Gasteiger partial charge >= 0.3 is 0 Å². The van der Waals surface area contributed by atoms with E-state index in [1.165, 1.54) is 24.3 Å². The van der Waals surface area contributed by atoms with Crippen LogP contribution in [0.15, 0.2) is 65.1 Å². The van der Waals surface area contributed by atoms with Gasteiger partial charge in [-0.15, -0.1) is 0 Å². The number of thiocarbonyl (C=S) groups is 1. The highest BCUT2D eigenvalue weighted by atomic mass is 32.1. The van der Waals surface area contributed by atoms with E-state index in [2.05, 4.69) is 10.6 Å². The van der Waals surface area contributed by atoms with Crippen molar-refractivity contribution in [3.05, 3.63) is 82.1 Å². The predicted molar refractivity (Wildman–Crippen MR) is 107 cm³/mol. The van der Waals surface area contributed by atoms with Gasteiger partial charge in [0, 0.05) is 17.3 Å². The van der Waals surface area contributed by atoms with E-state index in [9.17, 15) is 14.9 Å². The van der Waals surface area contributed by atoms with Crippen LogP contribution in [0.4, 0.5) is 11.4 Å². The molecule has 0 aliphatic rings. The summed E-state index contributed by atoms with van der Waals surface area (Å²) in [7, 11) is 0. The van der Waals surface area contributed by atoms with Gasteiger partial charge in [-0.3, -0.25) is 20.2 Å². The molecule has 28 heavy (non-hydrogen) atoms. The summed E-state index contributed by atoms with van der Waals surface area (Å²) in [6.45, 7) is -0.195. The summed E-state index contributed by atoms with van der Waals surface area (Å²) < 4.78 is 5.49. The molecule has 0 aliphatic heterocycles. The highest BCUT2D eigenvalue weighted by Crippen LogP contribution is 2.25. The number of benzene rings is 2. The Morgan fingerprint density at radius 3 is 2.64 bits per heavy atom. The van der Waals surface area contributed by atoms with Crippen molar-refractivity contribution < 1.29 is 19.2 Å². The zero-order valence-electron chi connectivity index (χ0n) is 14.4. The maximum Gasteiger partial charge on any atom is 0.282 e. The number of rotatable bonds is 5. The van der Waals surface area contributed by atoms with E-state index < -0.39 is 10.8 Å². The normalized spacial score (nSPS) is 10.3. The Morgan fingerprint density at radius 1 is 1.14 bits per heavy atom. The fourth-order valence-corrected chi connectivity index (χ4v) is 2.74. The Bertz CT molecular complexity index is 1050. The van der Waals surface area contributed by atoms with Gasteiger partial charge in [-0.05, 0) is 42.5 Å². The maximum absolute atomic E-state index is 12.3. The fraction of sp³-hybridized carbons (Fsp3) is 0.0526. The Balaban J connectivity index is 1.71. The van der Waals surface area contributed by atoms with Crippen molar-refractivity contribution >= 4 is 34.6 Å². The Labute approximate surface area is 165 Å². The number of para-hydroxylation sites is 1. The van der Waals surface area contributed by atoms with Crippen molar-refractivity contribution in [3.8, 4) is 11.3 Å². The van der Waals surface area contributed by atoms with E-state index in [0.717, 1.165) is 5.56 Å². The van der Waals surface area contributed by atoms with E-state index in [4.69, 9.17) is 21.7 Å². The number of nitrogens with one attached hydrogen (secondary N) is 2. The van der Waals surface area contributed by atoms with Crippen molar-refractivity contribution in [2.75, 3.05) is 5.32 Å². The van der Waals surface area contributed by atoms with Crippen LogP contribution in [0, 0.1) is 10.1 Å². The molecule has 1 heterocycles. The molecule has 0 aliphatic carbocycles. The summed E-state index contributed by atoms with van der Waals surface area (Å²) >= 11 is 5.13. The first-order valence-corrected chi connectivity index (χ1v) is 8.54. The lowest BCUT2D eigenvalue weighted by Gasteiger charge is -2.10. The third-order valence-electron chi connectivity index (χ3n) is 3.79. The van der Waals surface area contributed by atoms with Crippen molar-refractivity contribution in [2.45, 2.75) is 6.61 Å². The molecule has 3 aromatic rings. The van der Waals surface area contributed by atoms with E-state index in [1.807, 2.05) is 6.07 Å². The van der Waals surface area contributed by atoms with Crippen LogP contribution in [0.3, 0.4) is 0 Å². The third-order valence-corrected chi connectivity index (χ3v) is 4.00. The molecule has 2 aromatic carbocycles.